The number of ether oxygens (including phenoxy) is 1. The molecule has 0 saturated carbocycles. The van der Waals surface area contributed by atoms with Crippen molar-refractivity contribution >= 4 is 21.4 Å². The first-order chi connectivity index (χ1) is 6.76. The molecule has 0 amide bonds. The molecule has 74 valence electrons. The highest BCUT2D eigenvalue weighted by molar-refractivity contribution is 7.20. The molecule has 1 aromatic carbocycles. The van der Waals surface area contributed by atoms with E-state index >= 15 is 0 Å². The molecule has 0 aliphatic heterocycles. The van der Waals surface area contributed by atoms with Gasteiger partial charge in [0.15, 0.2) is 5.06 Å². The van der Waals surface area contributed by atoms with Gasteiger partial charge in [-0.1, -0.05) is 18.3 Å². The second-order valence-electron chi connectivity index (χ2n) is 3.10. The molecule has 2 rings (SSSR count). The van der Waals surface area contributed by atoms with Crippen molar-refractivity contribution in [3.63, 3.8) is 0 Å². The van der Waals surface area contributed by atoms with Crippen LogP contribution in [-0.2, 0) is 6.42 Å². The first-order valence-electron chi connectivity index (χ1n) is 4.54. The number of aryl methyl sites for hydroxylation is 1. The van der Waals surface area contributed by atoms with Crippen LogP contribution in [0.3, 0.4) is 0 Å². The molecule has 0 fully saturated rings. The van der Waals surface area contributed by atoms with Gasteiger partial charge in [-0.3, -0.25) is 0 Å². The summed E-state index contributed by atoms with van der Waals surface area (Å²) in [5, 5.41) is 11.6. The largest absolute Gasteiger partial charge is 0.508 e. The summed E-state index contributed by atoms with van der Waals surface area (Å²) in [5.41, 5.74) is 1.00. The van der Waals surface area contributed by atoms with Crippen LogP contribution in [0, 0.1) is 0 Å². The van der Waals surface area contributed by atoms with Crippen molar-refractivity contribution < 1.29 is 9.84 Å². The smallest absolute Gasteiger partial charge is 0.174 e. The van der Waals surface area contributed by atoms with Crippen LogP contribution in [0.4, 0.5) is 0 Å². The Balaban J connectivity index is 2.73. The van der Waals surface area contributed by atoms with Crippen molar-refractivity contribution in [1.29, 1.82) is 0 Å². The highest BCUT2D eigenvalue weighted by Crippen LogP contribution is 2.37. The first kappa shape index (κ1) is 9.34. The zero-order valence-electron chi connectivity index (χ0n) is 8.20. The molecule has 0 unspecified atom stereocenters. The van der Waals surface area contributed by atoms with Crippen molar-refractivity contribution in [1.82, 2.24) is 0 Å². The molecule has 2 nitrogen and oxygen atoms in total. The van der Waals surface area contributed by atoms with Crippen LogP contribution in [-0.4, -0.2) is 12.2 Å². The lowest BCUT2D eigenvalue weighted by Crippen LogP contribution is -1.81. The number of rotatable bonds is 2. The van der Waals surface area contributed by atoms with Crippen LogP contribution in [0.25, 0.3) is 10.1 Å². The van der Waals surface area contributed by atoms with Crippen LogP contribution >= 0.6 is 11.3 Å². The maximum absolute atomic E-state index is 9.65. The first-order valence-corrected chi connectivity index (χ1v) is 5.36. The predicted octanol–water partition coefficient (Wildman–Crippen LogP) is 3.18. The maximum atomic E-state index is 9.65. The van der Waals surface area contributed by atoms with E-state index in [0.29, 0.717) is 5.75 Å². The van der Waals surface area contributed by atoms with E-state index < -0.39 is 0 Å². The number of thiophene rings is 1. The summed E-state index contributed by atoms with van der Waals surface area (Å²) < 4.78 is 6.34. The van der Waals surface area contributed by atoms with Crippen molar-refractivity contribution in [3.8, 4) is 10.8 Å². The topological polar surface area (TPSA) is 29.5 Å². The molecule has 1 N–H and O–H groups in total. The van der Waals surface area contributed by atoms with Gasteiger partial charge >= 0.3 is 0 Å². The van der Waals surface area contributed by atoms with Crippen LogP contribution in [0.5, 0.6) is 10.8 Å². The standard InChI is InChI=1S/C11H12O2S/c1-3-7-8-6-11(13-2)14-10(8)5-4-9(7)12/h4-6,12H,3H2,1-2H3. The normalized spacial score (nSPS) is 10.7. The molecule has 0 spiro atoms. The summed E-state index contributed by atoms with van der Waals surface area (Å²) in [7, 11) is 1.66. The third-order valence-electron chi connectivity index (χ3n) is 2.32. The fourth-order valence-corrected chi connectivity index (χ4v) is 2.51. The summed E-state index contributed by atoms with van der Waals surface area (Å²) >= 11 is 1.60. The molecule has 1 aromatic heterocycles. The van der Waals surface area contributed by atoms with Gasteiger partial charge in [0, 0.05) is 15.6 Å². The lowest BCUT2D eigenvalue weighted by atomic mass is 10.1. The molecule has 0 atom stereocenters. The molecule has 0 radical (unpaired) electrons. The van der Waals surface area contributed by atoms with Gasteiger partial charge in [0.2, 0.25) is 0 Å². The third kappa shape index (κ3) is 1.34. The Morgan fingerprint density at radius 3 is 2.86 bits per heavy atom. The Labute approximate surface area is 86.8 Å². The van der Waals surface area contributed by atoms with Gasteiger partial charge in [-0.15, -0.1) is 0 Å². The average Bonchev–Trinajstić information content (AvgIpc) is 2.60. The van der Waals surface area contributed by atoms with Crippen LogP contribution in [0.15, 0.2) is 18.2 Å². The van der Waals surface area contributed by atoms with E-state index in [-0.39, 0.29) is 0 Å². The van der Waals surface area contributed by atoms with Crippen molar-refractivity contribution in [2.24, 2.45) is 0 Å². The molecule has 0 saturated heterocycles. The highest BCUT2D eigenvalue weighted by Gasteiger charge is 2.08. The minimum Gasteiger partial charge on any atom is -0.508 e. The highest BCUT2D eigenvalue weighted by atomic mass is 32.1. The van der Waals surface area contributed by atoms with Crippen LogP contribution in [0.1, 0.15) is 12.5 Å². The van der Waals surface area contributed by atoms with E-state index in [1.54, 1.807) is 24.5 Å². The Morgan fingerprint density at radius 2 is 2.21 bits per heavy atom. The van der Waals surface area contributed by atoms with Crippen LogP contribution < -0.4 is 4.74 Å². The van der Waals surface area contributed by atoms with Crippen LogP contribution in [0.2, 0.25) is 0 Å². The molecule has 0 bridgehead atoms. The molecule has 0 aliphatic carbocycles. The van der Waals surface area contributed by atoms with Crippen molar-refractivity contribution in [2.45, 2.75) is 13.3 Å². The van der Waals surface area contributed by atoms with Gasteiger partial charge in [0.25, 0.3) is 0 Å². The predicted molar refractivity (Wildman–Crippen MR) is 59.4 cm³/mol. The van der Waals surface area contributed by atoms with Gasteiger partial charge in [-0.25, -0.2) is 0 Å². The van der Waals surface area contributed by atoms with Gasteiger partial charge in [-0.2, -0.15) is 0 Å². The van der Waals surface area contributed by atoms with E-state index in [2.05, 4.69) is 0 Å². The van der Waals surface area contributed by atoms with Crippen molar-refractivity contribution in [3.05, 3.63) is 23.8 Å². The zero-order valence-corrected chi connectivity index (χ0v) is 9.02. The second-order valence-corrected chi connectivity index (χ2v) is 4.14. The number of phenolic OH excluding ortho intramolecular Hbond substituents is 1. The molecular formula is C11H12O2S. The molecule has 14 heavy (non-hydrogen) atoms. The summed E-state index contributed by atoms with van der Waals surface area (Å²) in [5.74, 6) is 0.375. The number of hydrogen-bond acceptors (Lipinski definition) is 3. The summed E-state index contributed by atoms with van der Waals surface area (Å²) in [4.78, 5) is 0. The van der Waals surface area contributed by atoms with Gasteiger partial charge in [-0.05, 0) is 24.6 Å². The zero-order chi connectivity index (χ0) is 10.1. The SMILES string of the molecule is CCc1c(O)ccc2sc(OC)cc12. The second kappa shape index (κ2) is 3.50. The molecule has 3 heteroatoms. The quantitative estimate of drug-likeness (QED) is 0.821. The van der Waals surface area contributed by atoms with E-state index in [4.69, 9.17) is 4.74 Å². The van der Waals surface area contributed by atoms with E-state index in [0.717, 1.165) is 27.1 Å². The van der Waals surface area contributed by atoms with Gasteiger partial charge in [0.05, 0.1) is 7.11 Å². The minimum absolute atomic E-state index is 0.375. The third-order valence-corrected chi connectivity index (χ3v) is 3.38. The number of benzene rings is 1. The molecule has 0 aliphatic rings. The number of methoxy groups -OCH3 is 1. The molecule has 2 aromatic rings. The van der Waals surface area contributed by atoms with E-state index in [9.17, 15) is 5.11 Å². The summed E-state index contributed by atoms with van der Waals surface area (Å²) in [6.07, 6.45) is 0.836. The lowest BCUT2D eigenvalue weighted by Gasteiger charge is -2.01. The molecular weight excluding hydrogens is 196 g/mol. The Morgan fingerprint density at radius 1 is 1.43 bits per heavy atom. The minimum atomic E-state index is 0.375. The Bertz CT molecular complexity index is 460. The Kier molecular flexibility index (Phi) is 2.33. The van der Waals surface area contributed by atoms with Gasteiger partial charge < -0.3 is 9.84 Å². The van der Waals surface area contributed by atoms with Gasteiger partial charge in [0.1, 0.15) is 5.75 Å². The fraction of sp³-hybridized carbons (Fsp3) is 0.273. The number of phenols is 1. The number of aromatic hydroxyl groups is 1. The van der Waals surface area contributed by atoms with E-state index in [1.165, 1.54) is 0 Å². The number of hydrogen-bond donors (Lipinski definition) is 1. The summed E-state index contributed by atoms with van der Waals surface area (Å²) in [6, 6.07) is 5.66. The fourth-order valence-electron chi connectivity index (χ4n) is 1.61. The lowest BCUT2D eigenvalue weighted by molar-refractivity contribution is 0.427. The molecule has 1 heterocycles. The monoisotopic (exact) mass is 208 g/mol. The van der Waals surface area contributed by atoms with Crippen molar-refractivity contribution in [2.75, 3.05) is 7.11 Å². The average molecular weight is 208 g/mol. The number of fused-ring (bicyclic) bond motifs is 1. The Hall–Kier alpha value is -1.22. The summed E-state index contributed by atoms with van der Waals surface area (Å²) in [6.45, 7) is 2.04. The van der Waals surface area contributed by atoms with E-state index in [1.807, 2.05) is 19.1 Å². The maximum Gasteiger partial charge on any atom is 0.174 e.